The maximum Gasteiger partial charge on any atom is 0.508 e. The average molecular weight is 1410 g/mol. The Morgan fingerprint density at radius 2 is 1.32 bits per heavy atom. The van der Waals surface area contributed by atoms with Crippen molar-refractivity contribution in [2.45, 2.75) is 311 Å². The molecule has 0 N–H and O–H groups in total. The minimum atomic E-state index is -2.72. The quantitative estimate of drug-likeness (QED) is 0.0304. The first-order chi connectivity index (χ1) is 43.6. The summed E-state index contributed by atoms with van der Waals surface area (Å²) >= 11 is 1.60. The fourth-order valence-corrected chi connectivity index (χ4v) is 17.1. The van der Waals surface area contributed by atoms with E-state index >= 15 is 4.79 Å². The van der Waals surface area contributed by atoms with Crippen molar-refractivity contribution in [2.24, 2.45) is 17.3 Å². The molecule has 16 nitrogen and oxygen atoms in total. The van der Waals surface area contributed by atoms with Gasteiger partial charge >= 0.3 is 18.1 Å². The first kappa shape index (κ1) is 81.6. The number of Topliss-reactive ketones (excluding diaryl/α,β-unsaturated/α-hetero) is 1. The second-order valence-electron chi connectivity index (χ2n) is 33.4. The molecule has 2 aromatic carbocycles. The van der Waals surface area contributed by atoms with E-state index in [1.165, 1.54) is 18.8 Å². The largest absolute Gasteiger partial charge is 0.508 e. The SMILES string of the molecule is C=CCOC(=O)[C@H]1O[C@@H](Oc2ccc(COC(=O)O[C@H]3CC(=O)O[C@H](c4ccc5sc(C)nc5c4)C/C=C(/C)CCC[C@H](C)[C@H](O[Si](C)(C)C(C)(C)C)[C@@H](CCCCC)C(=O)C3(C)C)cc2OC)[C@H](O[Si](C)(C)C(C)(C)C)[C@@H](O[Si](C)(C)C(C)(C)C)[C@H]1O[Si](C)(C)C(C)(C)C. The Labute approximate surface area is 580 Å². The van der Waals surface area contributed by atoms with E-state index in [0.29, 0.717) is 18.4 Å². The van der Waals surface area contributed by atoms with Gasteiger partial charge in [0.1, 0.15) is 49.5 Å². The number of allylic oxidation sites excluding steroid dienone is 1. The number of ether oxygens (including phenoxy) is 7. The van der Waals surface area contributed by atoms with Gasteiger partial charge in [0, 0.05) is 12.3 Å². The third-order valence-electron chi connectivity index (χ3n) is 21.4. The molecule has 3 aromatic rings. The van der Waals surface area contributed by atoms with Crippen LogP contribution in [0.25, 0.3) is 10.2 Å². The summed E-state index contributed by atoms with van der Waals surface area (Å²) in [6, 6.07) is 11.1. The van der Waals surface area contributed by atoms with Crippen LogP contribution < -0.4 is 9.47 Å². The Hall–Kier alpha value is -4.04. The summed E-state index contributed by atoms with van der Waals surface area (Å²) in [6.45, 7) is 58.9. The van der Waals surface area contributed by atoms with Crippen molar-refractivity contribution in [3.05, 3.63) is 76.8 Å². The highest BCUT2D eigenvalue weighted by atomic mass is 32.1. The molecule has 1 fully saturated rings. The van der Waals surface area contributed by atoms with E-state index < -0.39 is 118 Å². The molecule has 0 saturated carbocycles. The summed E-state index contributed by atoms with van der Waals surface area (Å²) in [4.78, 5) is 64.5. The maximum absolute atomic E-state index is 15.9. The number of benzene rings is 2. The van der Waals surface area contributed by atoms with E-state index in [1.54, 1.807) is 43.4 Å². The zero-order valence-electron chi connectivity index (χ0n) is 63.4. The number of carbonyl (C=O) groups excluding carboxylic acids is 4. The fraction of sp³-hybridized carbons (Fsp3) is 0.716. The molecular formula is C74H123NO15SSi4. The Balaban J connectivity index is 1.58. The van der Waals surface area contributed by atoms with E-state index in [9.17, 15) is 14.4 Å². The van der Waals surface area contributed by atoms with Crippen LogP contribution >= 0.6 is 11.3 Å². The smallest absolute Gasteiger partial charge is 0.493 e. The molecule has 1 aromatic heterocycles. The van der Waals surface area contributed by atoms with Crippen LogP contribution in [-0.4, -0.2) is 119 Å². The molecular weight excluding hydrogens is 1290 g/mol. The number of cyclic esters (lactones) is 1. The van der Waals surface area contributed by atoms with E-state index in [2.05, 4.69) is 169 Å². The van der Waals surface area contributed by atoms with Crippen LogP contribution in [0.15, 0.2) is 60.7 Å². The van der Waals surface area contributed by atoms with Gasteiger partial charge in [-0.05, 0) is 167 Å². The number of carbonyl (C=O) groups is 4. The Bertz CT molecular complexity index is 3110. The van der Waals surface area contributed by atoms with Crippen LogP contribution in [0.4, 0.5) is 4.79 Å². The summed E-state index contributed by atoms with van der Waals surface area (Å²) < 4.78 is 75.2. The molecule has 95 heavy (non-hydrogen) atoms. The maximum atomic E-state index is 15.9. The van der Waals surface area contributed by atoms with Crippen molar-refractivity contribution in [3.63, 3.8) is 0 Å². The molecule has 21 heteroatoms. The number of nitrogens with zero attached hydrogens (tertiary/aromatic N) is 1. The summed E-state index contributed by atoms with van der Waals surface area (Å²) in [5, 5.41) is -0.0157. The summed E-state index contributed by atoms with van der Waals surface area (Å²) in [6.07, 6.45) is 0.602. The fourth-order valence-electron chi connectivity index (χ4n) is 11.0. The van der Waals surface area contributed by atoms with Gasteiger partial charge < -0.3 is 50.9 Å². The van der Waals surface area contributed by atoms with Crippen molar-refractivity contribution >= 4 is 78.7 Å². The third kappa shape index (κ3) is 21.3. The lowest BCUT2D eigenvalue weighted by Gasteiger charge is -2.53. The predicted molar refractivity (Wildman–Crippen MR) is 392 cm³/mol. The molecule has 0 spiro atoms. The normalized spacial score (nSPS) is 25.1. The number of hydrogen-bond acceptors (Lipinski definition) is 17. The van der Waals surface area contributed by atoms with Crippen LogP contribution in [0.3, 0.4) is 0 Å². The van der Waals surface area contributed by atoms with Gasteiger partial charge in [-0.25, -0.2) is 14.6 Å². The van der Waals surface area contributed by atoms with Crippen LogP contribution in [0.1, 0.15) is 198 Å². The minimum absolute atomic E-state index is 0.00767. The van der Waals surface area contributed by atoms with E-state index in [4.69, 9.17) is 55.8 Å². The summed E-state index contributed by atoms with van der Waals surface area (Å²) in [5.74, 6) is -1.50. The Morgan fingerprint density at radius 1 is 0.747 bits per heavy atom. The number of fused-ring (bicyclic) bond motifs is 1. The van der Waals surface area contributed by atoms with Gasteiger partial charge in [-0.15, -0.1) is 11.3 Å². The van der Waals surface area contributed by atoms with Crippen LogP contribution in [-0.2, 0) is 62.4 Å². The zero-order chi connectivity index (χ0) is 71.8. The van der Waals surface area contributed by atoms with Crippen LogP contribution in [0.5, 0.6) is 11.5 Å². The lowest BCUT2D eigenvalue weighted by atomic mass is 9.70. The number of unbranched alkanes of at least 4 members (excludes halogenated alkanes) is 2. The molecule has 0 aliphatic carbocycles. The van der Waals surface area contributed by atoms with E-state index in [-0.39, 0.29) is 56.6 Å². The van der Waals surface area contributed by atoms with Crippen molar-refractivity contribution in [2.75, 3.05) is 13.7 Å². The van der Waals surface area contributed by atoms with Crippen molar-refractivity contribution in [1.82, 2.24) is 4.98 Å². The van der Waals surface area contributed by atoms with Crippen molar-refractivity contribution < 1.29 is 70.0 Å². The Kier molecular flexibility index (Phi) is 27.9. The molecule has 536 valence electrons. The minimum Gasteiger partial charge on any atom is -0.493 e. The lowest BCUT2D eigenvalue weighted by Crippen LogP contribution is -2.69. The Morgan fingerprint density at radius 3 is 1.87 bits per heavy atom. The zero-order valence-corrected chi connectivity index (χ0v) is 68.2. The molecule has 0 radical (unpaired) electrons. The average Bonchev–Trinajstić information content (AvgIpc) is 1.21. The van der Waals surface area contributed by atoms with Gasteiger partial charge in [-0.3, -0.25) is 9.59 Å². The molecule has 0 bridgehead atoms. The highest BCUT2D eigenvalue weighted by Crippen LogP contribution is 2.49. The van der Waals surface area contributed by atoms with Crippen molar-refractivity contribution in [1.29, 1.82) is 0 Å². The van der Waals surface area contributed by atoms with Crippen LogP contribution in [0.2, 0.25) is 72.5 Å². The number of thiazole rings is 1. The van der Waals surface area contributed by atoms with Gasteiger partial charge in [0.15, 0.2) is 50.9 Å². The molecule has 10 atom stereocenters. The number of aromatic nitrogens is 1. The summed E-state index contributed by atoms with van der Waals surface area (Å²) in [5.41, 5.74) is 1.84. The van der Waals surface area contributed by atoms with E-state index in [1.807, 2.05) is 25.1 Å². The number of esters is 2. The number of methoxy groups -OCH3 is 1. The van der Waals surface area contributed by atoms with Crippen LogP contribution in [0, 0.1) is 24.2 Å². The number of ketones is 1. The van der Waals surface area contributed by atoms with Gasteiger partial charge in [0.05, 0.1) is 40.3 Å². The molecule has 2 aliphatic rings. The number of hydrogen-bond donors (Lipinski definition) is 0. The molecule has 5 rings (SSSR count). The summed E-state index contributed by atoms with van der Waals surface area (Å²) in [7, 11) is -9.09. The second-order valence-corrected chi connectivity index (χ2v) is 53.7. The third-order valence-corrected chi connectivity index (χ3v) is 40.2. The standard InChI is InChI=1S/C74H123NO15SSi4/c1-29-31-32-36-53-61(87-92(21,22)70(6,7)8)49(4)35-33-34-48(3)37-40-55(52-39-42-58-54(45-52)75-50(5)91-58)83-60(76)46-59(74(18,19)66(53)77)85-69(79)82-47-51-38-41-56(57(44-51)80-20)84-68-65(90-95(27,28)73(15,16)17)63(89-94(25,26)72(12,13)14)62(88-93(23,24)71(9,10)11)64(86-68)67(78)81-43-30-2/h30,37-39,41-42,44-45,49,53,55,59,61-65,68H,2,29,31-36,40,43,46-47H2,1,3-28H3/b48-37-/t49-,53+,55-,59-,61-,62+,63-,64-,65+,68+/m0/s1. The molecule has 0 unspecified atom stereocenters. The first-order valence-electron chi connectivity index (χ1n) is 34.7. The molecule has 0 amide bonds. The predicted octanol–water partition coefficient (Wildman–Crippen LogP) is 19.7. The van der Waals surface area contributed by atoms with Gasteiger partial charge in [-0.2, -0.15) is 0 Å². The first-order valence-corrected chi connectivity index (χ1v) is 47.1. The molecule has 1 saturated heterocycles. The number of rotatable bonds is 22. The highest BCUT2D eigenvalue weighted by Gasteiger charge is 2.59. The number of aryl methyl sites for hydroxylation is 1. The van der Waals surface area contributed by atoms with E-state index in [0.717, 1.165) is 59.3 Å². The van der Waals surface area contributed by atoms with Gasteiger partial charge in [0.25, 0.3) is 0 Å². The monoisotopic (exact) mass is 1410 g/mol. The van der Waals surface area contributed by atoms with Crippen molar-refractivity contribution in [3.8, 4) is 11.5 Å². The molecule has 2 aliphatic heterocycles. The second kappa shape index (κ2) is 32.5. The topological polar surface area (TPSA) is 183 Å². The highest BCUT2D eigenvalue weighted by molar-refractivity contribution is 7.18. The van der Waals surface area contributed by atoms with Gasteiger partial charge in [-0.1, -0.05) is 153 Å². The lowest BCUT2D eigenvalue weighted by molar-refractivity contribution is -0.263. The molecule has 3 heterocycles. The van der Waals surface area contributed by atoms with Gasteiger partial charge in [0.2, 0.25) is 6.29 Å².